The molecule has 0 aliphatic rings. The summed E-state index contributed by atoms with van der Waals surface area (Å²) in [5, 5.41) is 13.8. The molecule has 22 heavy (non-hydrogen) atoms. The van der Waals surface area contributed by atoms with E-state index in [1.54, 1.807) is 0 Å². The van der Waals surface area contributed by atoms with Crippen molar-refractivity contribution in [1.82, 2.24) is 10.2 Å². The smallest absolute Gasteiger partial charge is 0.337 e. The summed E-state index contributed by atoms with van der Waals surface area (Å²) >= 11 is 0. The van der Waals surface area contributed by atoms with Crippen LogP contribution >= 0.6 is 0 Å². The third-order valence-electron chi connectivity index (χ3n) is 2.78. The van der Waals surface area contributed by atoms with Gasteiger partial charge in [0.05, 0.1) is 16.5 Å². The number of rotatable bonds is 1. The standard InChI is InChI=1S/C7H5FN2O.C7H6FNO2/c8-4-1-2-5-6(3-4)9-10-7(5)11;8-4-1-2-5(7(10)11)6(9)3-4/h1-3H,(H2,9,10,11);1-3H,9H2,(H,10,11). The number of carbonyl (C=O) groups is 1. The maximum Gasteiger partial charge on any atom is 0.337 e. The Hall–Kier alpha value is -3.16. The molecule has 0 fully saturated rings. The second kappa shape index (κ2) is 6.08. The zero-order chi connectivity index (χ0) is 16.3. The number of carboxylic acid groups (broad SMARTS) is 1. The summed E-state index contributed by atoms with van der Waals surface area (Å²) in [7, 11) is 0. The summed E-state index contributed by atoms with van der Waals surface area (Å²) in [6, 6.07) is 7.13. The Morgan fingerprint density at radius 3 is 2.32 bits per heavy atom. The first-order chi connectivity index (χ1) is 10.4. The molecule has 1 heterocycles. The highest BCUT2D eigenvalue weighted by molar-refractivity contribution is 5.93. The van der Waals surface area contributed by atoms with Crippen LogP contribution in [0.25, 0.3) is 10.9 Å². The minimum absolute atomic E-state index is 0.0579. The number of carboxylic acids is 1. The molecule has 2 aromatic carbocycles. The SMILES string of the molecule is Nc1cc(F)ccc1C(=O)O.O=c1[nH][nH]c2cc(F)ccc12. The van der Waals surface area contributed by atoms with Gasteiger partial charge in [0.15, 0.2) is 0 Å². The fourth-order valence-corrected chi connectivity index (χ4v) is 1.74. The molecular weight excluding hydrogens is 296 g/mol. The van der Waals surface area contributed by atoms with Crippen LogP contribution in [0, 0.1) is 11.6 Å². The van der Waals surface area contributed by atoms with E-state index in [1.807, 2.05) is 0 Å². The summed E-state index contributed by atoms with van der Waals surface area (Å²) in [6.45, 7) is 0. The van der Waals surface area contributed by atoms with Crippen LogP contribution in [0.4, 0.5) is 14.5 Å². The molecule has 3 aromatic rings. The van der Waals surface area contributed by atoms with Crippen molar-refractivity contribution in [3.63, 3.8) is 0 Å². The average Bonchev–Trinajstić information content (AvgIpc) is 2.80. The molecule has 5 N–H and O–H groups in total. The molecule has 0 radical (unpaired) electrons. The highest BCUT2D eigenvalue weighted by Crippen LogP contribution is 2.12. The molecule has 0 atom stereocenters. The van der Waals surface area contributed by atoms with E-state index in [0.29, 0.717) is 10.9 Å². The molecule has 1 aromatic heterocycles. The Bertz CT molecular complexity index is 886. The average molecular weight is 307 g/mol. The first kappa shape index (κ1) is 15.2. The number of hydrogen-bond acceptors (Lipinski definition) is 3. The van der Waals surface area contributed by atoms with Crippen molar-refractivity contribution in [2.24, 2.45) is 0 Å². The van der Waals surface area contributed by atoms with Crippen LogP contribution in [0.5, 0.6) is 0 Å². The number of halogens is 2. The molecule has 0 aliphatic heterocycles. The number of H-pyrrole nitrogens is 2. The summed E-state index contributed by atoms with van der Waals surface area (Å²) in [5.41, 5.74) is 5.34. The van der Waals surface area contributed by atoms with Crippen LogP contribution in [0.3, 0.4) is 0 Å². The second-order valence-corrected chi connectivity index (χ2v) is 4.31. The quantitative estimate of drug-likeness (QED) is 0.516. The molecule has 3 rings (SSSR count). The van der Waals surface area contributed by atoms with Crippen molar-refractivity contribution >= 4 is 22.6 Å². The van der Waals surface area contributed by atoms with Crippen LogP contribution < -0.4 is 11.3 Å². The lowest BCUT2D eigenvalue weighted by Crippen LogP contribution is -2.02. The minimum Gasteiger partial charge on any atom is -0.478 e. The highest BCUT2D eigenvalue weighted by atomic mass is 19.1. The van der Waals surface area contributed by atoms with Crippen molar-refractivity contribution in [2.75, 3.05) is 5.73 Å². The number of hydrogen-bond donors (Lipinski definition) is 4. The third kappa shape index (κ3) is 3.29. The van der Waals surface area contributed by atoms with E-state index in [1.165, 1.54) is 18.2 Å². The molecule has 0 saturated heterocycles. The number of nitrogens with two attached hydrogens (primary N) is 1. The van der Waals surface area contributed by atoms with Crippen LogP contribution in [-0.4, -0.2) is 21.3 Å². The zero-order valence-corrected chi connectivity index (χ0v) is 11.1. The van der Waals surface area contributed by atoms with Gasteiger partial charge in [0.2, 0.25) is 0 Å². The maximum absolute atomic E-state index is 12.5. The number of aromatic carboxylic acids is 1. The van der Waals surface area contributed by atoms with E-state index in [4.69, 9.17) is 10.8 Å². The lowest BCUT2D eigenvalue weighted by atomic mass is 10.2. The number of aromatic nitrogens is 2. The molecule has 114 valence electrons. The van der Waals surface area contributed by atoms with Gasteiger partial charge < -0.3 is 10.8 Å². The fourth-order valence-electron chi connectivity index (χ4n) is 1.74. The van der Waals surface area contributed by atoms with Gasteiger partial charge in [-0.25, -0.2) is 13.6 Å². The van der Waals surface area contributed by atoms with Crippen LogP contribution in [0.15, 0.2) is 41.2 Å². The van der Waals surface area contributed by atoms with Crippen molar-refractivity contribution in [1.29, 1.82) is 0 Å². The monoisotopic (exact) mass is 307 g/mol. The molecule has 0 saturated carbocycles. The highest BCUT2D eigenvalue weighted by Gasteiger charge is 2.06. The summed E-state index contributed by atoms with van der Waals surface area (Å²) in [6.07, 6.45) is 0. The molecule has 8 heteroatoms. The Kier molecular flexibility index (Phi) is 4.21. The largest absolute Gasteiger partial charge is 0.478 e. The van der Waals surface area contributed by atoms with Crippen molar-refractivity contribution in [3.8, 4) is 0 Å². The van der Waals surface area contributed by atoms with Gasteiger partial charge in [0.25, 0.3) is 5.56 Å². The van der Waals surface area contributed by atoms with E-state index in [9.17, 15) is 18.4 Å². The fraction of sp³-hybridized carbons (Fsp3) is 0. The normalized spacial score (nSPS) is 10.1. The van der Waals surface area contributed by atoms with Gasteiger partial charge in [0, 0.05) is 5.69 Å². The Balaban J connectivity index is 0.000000160. The van der Waals surface area contributed by atoms with Crippen molar-refractivity contribution < 1.29 is 18.7 Å². The maximum atomic E-state index is 12.5. The summed E-state index contributed by atoms with van der Waals surface area (Å²) in [5.74, 6) is -2.04. The number of aromatic amines is 2. The molecule has 0 unspecified atom stereocenters. The van der Waals surface area contributed by atoms with Crippen molar-refractivity contribution in [3.05, 3.63) is 63.9 Å². The number of fused-ring (bicyclic) bond motifs is 1. The van der Waals surface area contributed by atoms with E-state index < -0.39 is 11.8 Å². The van der Waals surface area contributed by atoms with Gasteiger partial charge in [-0.2, -0.15) is 0 Å². The number of nitrogen functional groups attached to an aromatic ring is 1. The molecular formula is C14H11F2N3O3. The number of anilines is 1. The third-order valence-corrected chi connectivity index (χ3v) is 2.78. The van der Waals surface area contributed by atoms with E-state index in [0.717, 1.165) is 18.2 Å². The van der Waals surface area contributed by atoms with Gasteiger partial charge in [-0.15, -0.1) is 0 Å². The van der Waals surface area contributed by atoms with Crippen LogP contribution in [0.2, 0.25) is 0 Å². The lowest BCUT2D eigenvalue weighted by molar-refractivity contribution is 0.0698. The zero-order valence-electron chi connectivity index (χ0n) is 11.1. The second-order valence-electron chi connectivity index (χ2n) is 4.31. The first-order valence-electron chi connectivity index (χ1n) is 6.02. The Labute approximate surface area is 122 Å². The van der Waals surface area contributed by atoms with Crippen LogP contribution in [0.1, 0.15) is 10.4 Å². The van der Waals surface area contributed by atoms with Gasteiger partial charge >= 0.3 is 5.97 Å². The Morgan fingerprint density at radius 2 is 1.68 bits per heavy atom. The topological polar surface area (TPSA) is 112 Å². The van der Waals surface area contributed by atoms with Crippen molar-refractivity contribution in [2.45, 2.75) is 0 Å². The molecule has 0 bridgehead atoms. The van der Waals surface area contributed by atoms with Crippen LogP contribution in [-0.2, 0) is 0 Å². The van der Waals surface area contributed by atoms with Gasteiger partial charge in [-0.05, 0) is 36.4 Å². The van der Waals surface area contributed by atoms with Gasteiger partial charge in [-0.3, -0.25) is 15.0 Å². The predicted molar refractivity (Wildman–Crippen MR) is 76.6 cm³/mol. The van der Waals surface area contributed by atoms with E-state index in [-0.39, 0.29) is 22.6 Å². The van der Waals surface area contributed by atoms with E-state index in [2.05, 4.69) is 10.2 Å². The molecule has 0 amide bonds. The number of benzene rings is 2. The number of nitrogens with one attached hydrogen (secondary N) is 2. The molecule has 6 nitrogen and oxygen atoms in total. The lowest BCUT2D eigenvalue weighted by Gasteiger charge is -1.98. The molecule has 0 aliphatic carbocycles. The minimum atomic E-state index is -1.15. The predicted octanol–water partition coefficient (Wildman–Crippen LogP) is 2.10. The van der Waals surface area contributed by atoms with Gasteiger partial charge in [0.1, 0.15) is 11.6 Å². The van der Waals surface area contributed by atoms with E-state index >= 15 is 0 Å². The summed E-state index contributed by atoms with van der Waals surface area (Å²) < 4.78 is 24.8. The van der Waals surface area contributed by atoms with Gasteiger partial charge in [-0.1, -0.05) is 0 Å². The Morgan fingerprint density at radius 1 is 1.05 bits per heavy atom. The summed E-state index contributed by atoms with van der Waals surface area (Å²) in [4.78, 5) is 21.2. The molecule has 0 spiro atoms. The first-order valence-corrected chi connectivity index (χ1v) is 6.02.